The van der Waals surface area contributed by atoms with Gasteiger partial charge in [-0.25, -0.2) is 8.42 Å². The maximum absolute atomic E-state index is 12.4. The fraction of sp³-hybridized carbons (Fsp3) is 0.385. The van der Waals surface area contributed by atoms with Gasteiger partial charge in [0, 0.05) is 24.7 Å². The van der Waals surface area contributed by atoms with E-state index in [0.717, 1.165) is 5.69 Å². The van der Waals surface area contributed by atoms with Crippen molar-refractivity contribution in [3.8, 4) is 0 Å². The summed E-state index contributed by atoms with van der Waals surface area (Å²) >= 11 is 1.23. The number of carbonyl (C=O) groups is 1. The van der Waals surface area contributed by atoms with E-state index < -0.39 is 15.9 Å². The Bertz CT molecular complexity index is 759. The van der Waals surface area contributed by atoms with Gasteiger partial charge in [-0.15, -0.1) is 11.3 Å². The Kier molecular flexibility index (Phi) is 4.02. The van der Waals surface area contributed by atoms with Gasteiger partial charge >= 0.3 is 0 Å². The van der Waals surface area contributed by atoms with Crippen LogP contribution in [0.25, 0.3) is 0 Å². The number of carbonyl (C=O) groups excluding carboxylic acids is 1. The smallest absolute Gasteiger partial charge is 0.269 e. The summed E-state index contributed by atoms with van der Waals surface area (Å²) in [7, 11) is -3.38. The molecule has 0 aliphatic carbocycles. The van der Waals surface area contributed by atoms with Gasteiger partial charge in [0.05, 0.1) is 0 Å². The van der Waals surface area contributed by atoms with Crippen LogP contribution in [0.5, 0.6) is 0 Å². The molecule has 1 saturated heterocycles. The maximum atomic E-state index is 12.4. The minimum Gasteiger partial charge on any atom is -0.364 e. The molecular weight excluding hydrogens is 324 g/mol. The first-order valence-corrected chi connectivity index (χ1v) is 9.19. The van der Waals surface area contributed by atoms with Crippen molar-refractivity contribution < 1.29 is 13.2 Å². The lowest BCUT2D eigenvalue weighted by atomic mass is 9.94. The molecule has 0 aromatic carbocycles. The molecule has 1 fully saturated rings. The molecule has 1 amide bonds. The fourth-order valence-electron chi connectivity index (χ4n) is 2.62. The van der Waals surface area contributed by atoms with Crippen LogP contribution in [0, 0.1) is 0 Å². The van der Waals surface area contributed by atoms with Crippen molar-refractivity contribution in [2.24, 2.45) is 5.73 Å². The molecule has 3 heterocycles. The van der Waals surface area contributed by atoms with E-state index in [1.807, 2.05) is 0 Å². The van der Waals surface area contributed by atoms with Crippen LogP contribution in [0.4, 0.5) is 0 Å². The quantitative estimate of drug-likeness (QED) is 0.869. The highest BCUT2D eigenvalue weighted by molar-refractivity contribution is 7.91. The summed E-state index contributed by atoms with van der Waals surface area (Å²) in [5.41, 5.74) is 6.23. The zero-order chi connectivity index (χ0) is 15.7. The third kappa shape index (κ3) is 2.79. The summed E-state index contributed by atoms with van der Waals surface area (Å²) in [4.78, 5) is 11.1. The molecule has 2 aromatic rings. The van der Waals surface area contributed by atoms with E-state index >= 15 is 0 Å². The summed E-state index contributed by atoms with van der Waals surface area (Å²) in [6.07, 6.45) is 1.37. The first kappa shape index (κ1) is 15.2. The average Bonchev–Trinajstić information content (AvgIpc) is 3.19. The van der Waals surface area contributed by atoms with Gasteiger partial charge in [0.15, 0.2) is 0 Å². The topological polar surface area (TPSA) is 109 Å². The van der Waals surface area contributed by atoms with Crippen molar-refractivity contribution in [1.82, 2.24) is 14.5 Å². The highest BCUT2D eigenvalue weighted by atomic mass is 32.2. The normalized spacial score (nSPS) is 17.6. The highest BCUT2D eigenvalue weighted by Gasteiger charge is 2.31. The number of thiophene rings is 1. The van der Waals surface area contributed by atoms with Crippen LogP contribution in [-0.4, -0.2) is 41.9 Å². The lowest BCUT2D eigenvalue weighted by molar-refractivity contribution is 0.0995. The van der Waals surface area contributed by atoms with E-state index in [9.17, 15) is 13.2 Å². The van der Waals surface area contributed by atoms with Gasteiger partial charge in [-0.1, -0.05) is 6.07 Å². The number of nitrogens with one attached hydrogen (secondary N) is 1. The number of nitrogens with zero attached hydrogens (tertiary/aromatic N) is 2. The lowest BCUT2D eigenvalue weighted by Crippen LogP contribution is -2.37. The molecule has 3 rings (SSSR count). The molecule has 0 bridgehead atoms. The summed E-state index contributed by atoms with van der Waals surface area (Å²) in [6.45, 7) is 0.908. The Morgan fingerprint density at radius 1 is 1.41 bits per heavy atom. The summed E-state index contributed by atoms with van der Waals surface area (Å²) in [5, 5.41) is 8.45. The SMILES string of the molecule is NC(=O)c1cc(C2CCN(S(=O)(=O)c3cccs3)CC2)[nH]n1. The first-order valence-electron chi connectivity index (χ1n) is 6.87. The average molecular weight is 340 g/mol. The molecule has 1 aliphatic rings. The Hall–Kier alpha value is -1.71. The monoisotopic (exact) mass is 340 g/mol. The van der Waals surface area contributed by atoms with Crippen molar-refractivity contribution in [2.45, 2.75) is 23.0 Å². The molecule has 1 aliphatic heterocycles. The van der Waals surface area contributed by atoms with Crippen molar-refractivity contribution in [3.63, 3.8) is 0 Å². The van der Waals surface area contributed by atoms with Crippen LogP contribution in [0.2, 0.25) is 0 Å². The van der Waals surface area contributed by atoms with Crippen LogP contribution >= 0.6 is 11.3 Å². The number of nitrogens with two attached hydrogens (primary N) is 1. The van der Waals surface area contributed by atoms with Crippen LogP contribution in [0.1, 0.15) is 34.9 Å². The number of aromatic amines is 1. The Labute approximate surface area is 132 Å². The number of amides is 1. The van der Waals surface area contributed by atoms with E-state index in [4.69, 9.17) is 5.73 Å². The third-order valence-electron chi connectivity index (χ3n) is 3.83. The van der Waals surface area contributed by atoms with E-state index in [0.29, 0.717) is 30.1 Å². The third-order valence-corrected chi connectivity index (χ3v) is 7.10. The zero-order valence-electron chi connectivity index (χ0n) is 11.7. The van der Waals surface area contributed by atoms with Crippen LogP contribution < -0.4 is 5.73 Å². The largest absolute Gasteiger partial charge is 0.364 e. The highest BCUT2D eigenvalue weighted by Crippen LogP contribution is 2.31. The Morgan fingerprint density at radius 2 is 2.14 bits per heavy atom. The predicted molar refractivity (Wildman–Crippen MR) is 82.2 cm³/mol. The summed E-state index contributed by atoms with van der Waals surface area (Å²) in [6, 6.07) is 5.01. The van der Waals surface area contributed by atoms with Crippen LogP contribution in [0.3, 0.4) is 0 Å². The van der Waals surface area contributed by atoms with Gasteiger partial charge in [0.1, 0.15) is 9.90 Å². The van der Waals surface area contributed by atoms with E-state index in [2.05, 4.69) is 10.2 Å². The van der Waals surface area contributed by atoms with Crippen molar-refractivity contribution in [1.29, 1.82) is 0 Å². The number of piperidine rings is 1. The van der Waals surface area contributed by atoms with Gasteiger partial charge in [0.25, 0.3) is 15.9 Å². The van der Waals surface area contributed by atoms with Gasteiger partial charge < -0.3 is 5.73 Å². The first-order chi connectivity index (χ1) is 10.5. The van der Waals surface area contributed by atoms with Gasteiger partial charge in [-0.3, -0.25) is 9.89 Å². The molecule has 9 heteroatoms. The summed E-state index contributed by atoms with van der Waals surface area (Å²) in [5.74, 6) is -0.407. The summed E-state index contributed by atoms with van der Waals surface area (Å²) < 4.78 is 26.8. The van der Waals surface area contributed by atoms with Gasteiger partial charge in [-0.2, -0.15) is 9.40 Å². The molecule has 0 radical (unpaired) electrons. The fourth-order valence-corrected chi connectivity index (χ4v) is 5.23. The lowest BCUT2D eigenvalue weighted by Gasteiger charge is -2.30. The van der Waals surface area contributed by atoms with Crippen molar-refractivity contribution in [2.75, 3.05) is 13.1 Å². The molecule has 118 valence electrons. The number of hydrogen-bond donors (Lipinski definition) is 2. The zero-order valence-corrected chi connectivity index (χ0v) is 13.4. The predicted octanol–water partition coefficient (Wildman–Crippen LogP) is 1.14. The standard InChI is InChI=1S/C13H16N4O3S2/c14-13(18)11-8-10(15-16-11)9-3-5-17(6-4-9)22(19,20)12-2-1-7-21-12/h1-2,7-9H,3-6H2,(H2,14,18)(H,15,16). The van der Waals surface area contributed by atoms with Crippen molar-refractivity contribution >= 4 is 27.3 Å². The molecule has 0 unspecified atom stereocenters. The number of rotatable bonds is 4. The van der Waals surface area contributed by atoms with Gasteiger partial charge in [-0.05, 0) is 30.4 Å². The minimum absolute atomic E-state index is 0.162. The maximum Gasteiger partial charge on any atom is 0.269 e. The van der Waals surface area contributed by atoms with Gasteiger partial charge in [0.2, 0.25) is 0 Å². The molecule has 3 N–H and O–H groups in total. The second-order valence-corrected chi connectivity index (χ2v) is 8.30. The molecule has 7 nitrogen and oxygen atoms in total. The minimum atomic E-state index is -3.38. The molecule has 22 heavy (non-hydrogen) atoms. The van der Waals surface area contributed by atoms with Crippen molar-refractivity contribution in [3.05, 3.63) is 35.0 Å². The molecule has 0 saturated carbocycles. The Morgan fingerprint density at radius 3 is 2.68 bits per heavy atom. The molecule has 0 atom stereocenters. The second-order valence-electron chi connectivity index (χ2n) is 5.18. The second kappa shape index (κ2) is 5.82. The van der Waals surface area contributed by atoms with E-state index in [1.165, 1.54) is 15.6 Å². The van der Waals surface area contributed by atoms with Crippen LogP contribution in [-0.2, 0) is 10.0 Å². The van der Waals surface area contributed by atoms with E-state index in [1.54, 1.807) is 23.6 Å². The Balaban J connectivity index is 1.68. The number of sulfonamides is 1. The van der Waals surface area contributed by atoms with Crippen LogP contribution in [0.15, 0.2) is 27.8 Å². The number of hydrogen-bond acceptors (Lipinski definition) is 5. The number of H-pyrrole nitrogens is 1. The molecular formula is C13H16N4O3S2. The molecule has 2 aromatic heterocycles. The number of primary amides is 1. The number of aromatic nitrogens is 2. The van der Waals surface area contributed by atoms with E-state index in [-0.39, 0.29) is 11.6 Å². The molecule has 0 spiro atoms.